The van der Waals surface area contributed by atoms with Crippen LogP contribution in [0.15, 0.2) is 182 Å². The third-order valence-corrected chi connectivity index (χ3v) is 13.1. The number of benzene rings is 10. The van der Waals surface area contributed by atoms with Crippen LogP contribution < -0.4 is 9.64 Å². The molecule has 272 valence electrons. The van der Waals surface area contributed by atoms with Crippen molar-refractivity contribution in [2.45, 2.75) is 19.3 Å². The normalized spacial score (nSPS) is 13.9. The van der Waals surface area contributed by atoms with E-state index in [2.05, 4.69) is 193 Å². The predicted octanol–water partition coefficient (Wildman–Crippen LogP) is 15.3. The van der Waals surface area contributed by atoms with Gasteiger partial charge in [0.05, 0.1) is 28.1 Å². The molecule has 10 aromatic carbocycles. The van der Waals surface area contributed by atoms with E-state index in [9.17, 15) is 0 Å². The highest BCUT2D eigenvalue weighted by Gasteiger charge is 2.37. The molecule has 0 atom stereocenters. The number of hydrogen-bond donors (Lipinski definition) is 0. The van der Waals surface area contributed by atoms with Crippen molar-refractivity contribution in [3.8, 4) is 28.3 Å². The summed E-state index contributed by atoms with van der Waals surface area (Å²) in [5.41, 5.74) is 12.1. The number of fused-ring (bicyclic) bond motifs is 16. The highest BCUT2D eigenvalue weighted by Crippen LogP contribution is 2.56. The number of ether oxygens (including phenoxy) is 1. The lowest BCUT2D eigenvalue weighted by Gasteiger charge is -2.34. The van der Waals surface area contributed by atoms with Crippen molar-refractivity contribution in [3.63, 3.8) is 0 Å². The molecular weight excluding hydrogens is 705 g/mol. The summed E-state index contributed by atoms with van der Waals surface area (Å²) in [6.07, 6.45) is 0. The maximum absolute atomic E-state index is 6.47. The summed E-state index contributed by atoms with van der Waals surface area (Å²) in [6, 6.07) is 66.8. The van der Waals surface area contributed by atoms with Crippen LogP contribution in [0.1, 0.15) is 25.0 Å². The molecular formula is C55H36N2O. The van der Waals surface area contributed by atoms with E-state index in [1.165, 1.54) is 92.8 Å². The SMILES string of the molecule is CC1(C)c2cc3c(cc2-c2cc4c5ccccc5n(-c5ccccc5)c4cc21)c1ccccc1c1cc(N2c4ccccc4Oc4ccccc42)c2ccccc2c31. The van der Waals surface area contributed by atoms with Crippen LogP contribution in [0, 0.1) is 0 Å². The van der Waals surface area contributed by atoms with Crippen molar-refractivity contribution in [1.82, 2.24) is 4.57 Å². The Labute approximate surface area is 335 Å². The molecule has 2 aliphatic rings. The lowest BCUT2D eigenvalue weighted by atomic mass is 9.80. The third-order valence-electron chi connectivity index (χ3n) is 13.1. The molecule has 0 saturated carbocycles. The summed E-state index contributed by atoms with van der Waals surface area (Å²) in [5.74, 6) is 1.71. The largest absolute Gasteiger partial charge is 0.453 e. The van der Waals surface area contributed by atoms with Crippen molar-refractivity contribution >= 4 is 82.0 Å². The zero-order valence-electron chi connectivity index (χ0n) is 32.1. The van der Waals surface area contributed by atoms with Gasteiger partial charge in [0, 0.05) is 27.3 Å². The summed E-state index contributed by atoms with van der Waals surface area (Å²) < 4.78 is 8.91. The van der Waals surface area contributed by atoms with Crippen molar-refractivity contribution in [3.05, 3.63) is 193 Å². The summed E-state index contributed by atoms with van der Waals surface area (Å²) in [4.78, 5) is 2.40. The first-order chi connectivity index (χ1) is 28.5. The molecule has 3 heteroatoms. The van der Waals surface area contributed by atoms with Crippen LogP contribution in [0.5, 0.6) is 11.5 Å². The highest BCUT2D eigenvalue weighted by molar-refractivity contribution is 6.34. The van der Waals surface area contributed by atoms with E-state index in [0.717, 1.165) is 28.6 Å². The molecule has 0 bridgehead atoms. The van der Waals surface area contributed by atoms with Gasteiger partial charge in [-0.3, -0.25) is 0 Å². The van der Waals surface area contributed by atoms with Crippen LogP contribution in [-0.4, -0.2) is 4.57 Å². The number of anilines is 3. The van der Waals surface area contributed by atoms with Crippen LogP contribution in [0.2, 0.25) is 0 Å². The molecule has 0 spiro atoms. The minimum absolute atomic E-state index is 0.222. The van der Waals surface area contributed by atoms with Crippen LogP contribution in [0.4, 0.5) is 17.1 Å². The second-order valence-electron chi connectivity index (χ2n) is 16.5. The molecule has 1 aromatic heterocycles. The van der Waals surface area contributed by atoms with Gasteiger partial charge < -0.3 is 14.2 Å². The summed E-state index contributed by atoms with van der Waals surface area (Å²) in [6.45, 7) is 4.83. The molecule has 0 saturated heterocycles. The first-order valence-corrected chi connectivity index (χ1v) is 20.2. The lowest BCUT2D eigenvalue weighted by molar-refractivity contribution is 0.477. The van der Waals surface area contributed by atoms with Gasteiger partial charge in [-0.15, -0.1) is 0 Å². The zero-order valence-corrected chi connectivity index (χ0v) is 32.1. The summed E-state index contributed by atoms with van der Waals surface area (Å²) >= 11 is 0. The Morgan fingerprint density at radius 3 is 1.64 bits per heavy atom. The quantitative estimate of drug-likeness (QED) is 0.164. The molecule has 1 aliphatic heterocycles. The Balaban J connectivity index is 1.12. The lowest BCUT2D eigenvalue weighted by Crippen LogP contribution is -2.16. The minimum atomic E-state index is -0.222. The average Bonchev–Trinajstić information content (AvgIpc) is 3.71. The predicted molar refractivity (Wildman–Crippen MR) is 243 cm³/mol. The topological polar surface area (TPSA) is 17.4 Å². The molecule has 0 fully saturated rings. The van der Waals surface area contributed by atoms with Crippen LogP contribution in [-0.2, 0) is 5.41 Å². The van der Waals surface area contributed by atoms with E-state index in [0.29, 0.717) is 0 Å². The van der Waals surface area contributed by atoms with Gasteiger partial charge in [0.15, 0.2) is 11.5 Å². The van der Waals surface area contributed by atoms with E-state index in [-0.39, 0.29) is 5.41 Å². The Bertz CT molecular complexity index is 3530. The molecule has 0 unspecified atom stereocenters. The highest BCUT2D eigenvalue weighted by atomic mass is 16.5. The van der Waals surface area contributed by atoms with Crippen molar-refractivity contribution in [1.29, 1.82) is 0 Å². The van der Waals surface area contributed by atoms with Crippen LogP contribution in [0.3, 0.4) is 0 Å². The van der Waals surface area contributed by atoms with Crippen LogP contribution in [0.25, 0.3) is 81.7 Å². The Morgan fingerprint density at radius 1 is 0.379 bits per heavy atom. The molecule has 11 aromatic rings. The van der Waals surface area contributed by atoms with Gasteiger partial charge in [0.2, 0.25) is 0 Å². The monoisotopic (exact) mass is 740 g/mol. The van der Waals surface area contributed by atoms with Crippen LogP contribution >= 0.6 is 0 Å². The van der Waals surface area contributed by atoms with E-state index in [4.69, 9.17) is 4.74 Å². The maximum atomic E-state index is 6.47. The molecule has 2 heterocycles. The van der Waals surface area contributed by atoms with Crippen molar-refractivity contribution in [2.24, 2.45) is 0 Å². The molecule has 0 radical (unpaired) electrons. The molecule has 3 nitrogen and oxygen atoms in total. The standard InChI is InChI=1S/C55H36N2O/c1-55(2)45-30-43-39(28-40(45)41-29-42-37-21-10-11-23-47(37)56(51(42)32-46(41)55)33-16-4-3-5-17-33)34-18-6-7-19-35(34)44-31-50(36-20-8-9-22-38(36)54(43)44)57-48-24-12-14-26-52(48)58-53-27-15-13-25-49(53)57/h3-32H,1-2H3. The van der Waals surface area contributed by atoms with Gasteiger partial charge in [0.25, 0.3) is 0 Å². The van der Waals surface area contributed by atoms with Crippen molar-refractivity contribution < 1.29 is 4.74 Å². The van der Waals surface area contributed by atoms with Gasteiger partial charge in [0.1, 0.15) is 0 Å². The minimum Gasteiger partial charge on any atom is -0.453 e. The number of nitrogens with zero attached hydrogens (tertiary/aromatic N) is 2. The van der Waals surface area contributed by atoms with E-state index in [1.54, 1.807) is 0 Å². The average molecular weight is 741 g/mol. The number of hydrogen-bond acceptors (Lipinski definition) is 2. The van der Waals surface area contributed by atoms with Gasteiger partial charge in [-0.1, -0.05) is 123 Å². The second-order valence-corrected chi connectivity index (χ2v) is 16.5. The fraction of sp³-hybridized carbons (Fsp3) is 0.0545. The summed E-state index contributed by atoms with van der Waals surface area (Å²) in [7, 11) is 0. The van der Waals surface area contributed by atoms with Crippen molar-refractivity contribution in [2.75, 3.05) is 4.90 Å². The Kier molecular flexibility index (Phi) is 6.23. The summed E-state index contributed by atoms with van der Waals surface area (Å²) in [5, 5.41) is 12.7. The van der Waals surface area contributed by atoms with Gasteiger partial charge in [-0.25, -0.2) is 0 Å². The number of rotatable bonds is 2. The number of para-hydroxylation sites is 6. The second kappa shape index (κ2) is 11.4. The first kappa shape index (κ1) is 31.8. The molecule has 0 N–H and O–H groups in total. The molecule has 13 rings (SSSR count). The smallest absolute Gasteiger partial charge is 0.151 e. The zero-order chi connectivity index (χ0) is 38.3. The molecule has 58 heavy (non-hydrogen) atoms. The van der Waals surface area contributed by atoms with Gasteiger partial charge in [-0.2, -0.15) is 0 Å². The van der Waals surface area contributed by atoms with Gasteiger partial charge >= 0.3 is 0 Å². The fourth-order valence-corrected chi connectivity index (χ4v) is 10.5. The maximum Gasteiger partial charge on any atom is 0.151 e. The van der Waals surface area contributed by atoms with E-state index >= 15 is 0 Å². The Hall–Kier alpha value is -7.36. The fourth-order valence-electron chi connectivity index (χ4n) is 10.5. The number of aromatic nitrogens is 1. The Morgan fingerprint density at radius 2 is 0.914 bits per heavy atom. The molecule has 1 aliphatic carbocycles. The first-order valence-electron chi connectivity index (χ1n) is 20.2. The van der Waals surface area contributed by atoms with E-state index in [1.807, 2.05) is 12.1 Å². The van der Waals surface area contributed by atoms with E-state index < -0.39 is 0 Å². The molecule has 0 amide bonds. The van der Waals surface area contributed by atoms with Gasteiger partial charge in [-0.05, 0) is 133 Å². The third kappa shape index (κ3) is 4.12.